The molecule has 0 unspecified atom stereocenters. The molecule has 1 N–H and O–H groups in total. The Morgan fingerprint density at radius 3 is 2.67 bits per heavy atom. The van der Waals surface area contributed by atoms with Crippen LogP contribution in [0.3, 0.4) is 0 Å². The number of aryl methyl sites for hydroxylation is 2. The predicted octanol–water partition coefficient (Wildman–Crippen LogP) is 3.92. The first-order chi connectivity index (χ1) is 13.0. The van der Waals surface area contributed by atoms with E-state index in [1.807, 2.05) is 38.1 Å². The summed E-state index contributed by atoms with van der Waals surface area (Å²) in [7, 11) is 1.55. The maximum atomic E-state index is 12.2. The van der Waals surface area contributed by atoms with Crippen molar-refractivity contribution in [3.05, 3.63) is 76.1 Å². The van der Waals surface area contributed by atoms with Crippen molar-refractivity contribution < 1.29 is 9.53 Å². The number of carbonyl (C=O) groups is 1. The van der Waals surface area contributed by atoms with Crippen molar-refractivity contribution in [2.75, 3.05) is 7.11 Å². The highest BCUT2D eigenvalue weighted by atomic mass is 35.5. The van der Waals surface area contributed by atoms with Crippen LogP contribution < -0.4 is 10.2 Å². The molecule has 0 bridgehead atoms. The van der Waals surface area contributed by atoms with Gasteiger partial charge in [-0.15, -0.1) is 0 Å². The molecule has 0 saturated carbocycles. The van der Waals surface area contributed by atoms with Gasteiger partial charge in [-0.25, -0.2) is 10.1 Å². The summed E-state index contributed by atoms with van der Waals surface area (Å²) in [5.74, 6) is 0.259. The van der Waals surface area contributed by atoms with E-state index in [2.05, 4.69) is 15.6 Å². The molecule has 1 amide bonds. The van der Waals surface area contributed by atoms with Crippen LogP contribution in [0.15, 0.2) is 53.6 Å². The van der Waals surface area contributed by atoms with Crippen molar-refractivity contribution in [1.29, 1.82) is 0 Å². The second-order valence-electron chi connectivity index (χ2n) is 5.97. The van der Waals surface area contributed by atoms with Crippen LogP contribution in [0.4, 0.5) is 0 Å². The van der Waals surface area contributed by atoms with E-state index in [-0.39, 0.29) is 5.91 Å². The number of hydrogen-bond acceptors (Lipinski definition) is 4. The Hall–Kier alpha value is -3.12. The first kappa shape index (κ1) is 18.7. The standard InChI is InChI=1S/C20H19ClN4O2/c1-13-7-9-16(10-8-13)25-19(21)18(14(2)24-25)12-22-23-20(26)15-5-4-6-17(11-15)27-3/h4-12H,1-3H3,(H,23,26). The number of carbonyl (C=O) groups excluding carboxylic acids is 1. The highest BCUT2D eigenvalue weighted by molar-refractivity contribution is 6.32. The van der Waals surface area contributed by atoms with E-state index in [0.717, 1.165) is 11.3 Å². The number of rotatable bonds is 5. The van der Waals surface area contributed by atoms with E-state index < -0.39 is 0 Å². The third-order valence-corrected chi connectivity index (χ3v) is 4.38. The van der Waals surface area contributed by atoms with Gasteiger partial charge in [-0.1, -0.05) is 35.4 Å². The highest BCUT2D eigenvalue weighted by Crippen LogP contribution is 2.22. The molecule has 0 radical (unpaired) electrons. The molecule has 27 heavy (non-hydrogen) atoms. The van der Waals surface area contributed by atoms with Crippen molar-refractivity contribution in [3.63, 3.8) is 0 Å². The zero-order valence-electron chi connectivity index (χ0n) is 15.2. The molecule has 0 fully saturated rings. The summed E-state index contributed by atoms with van der Waals surface area (Å²) in [6, 6.07) is 14.7. The van der Waals surface area contributed by atoms with Crippen LogP contribution in [-0.2, 0) is 0 Å². The number of hydrogen-bond donors (Lipinski definition) is 1. The Morgan fingerprint density at radius 2 is 1.96 bits per heavy atom. The fraction of sp³-hybridized carbons (Fsp3) is 0.150. The fourth-order valence-corrected chi connectivity index (χ4v) is 2.82. The minimum absolute atomic E-state index is 0.343. The van der Waals surface area contributed by atoms with Crippen molar-refractivity contribution in [2.45, 2.75) is 13.8 Å². The summed E-state index contributed by atoms with van der Waals surface area (Å²) in [6.07, 6.45) is 1.49. The van der Waals surface area contributed by atoms with Gasteiger partial charge in [-0.2, -0.15) is 10.2 Å². The fourth-order valence-electron chi connectivity index (χ4n) is 2.50. The number of nitrogens with zero attached hydrogens (tertiary/aromatic N) is 3. The minimum Gasteiger partial charge on any atom is -0.497 e. The second-order valence-corrected chi connectivity index (χ2v) is 6.33. The molecule has 1 heterocycles. The SMILES string of the molecule is COc1cccc(C(=O)NN=Cc2c(C)nn(-c3ccc(C)cc3)c2Cl)c1. The highest BCUT2D eigenvalue weighted by Gasteiger charge is 2.13. The third kappa shape index (κ3) is 4.17. The van der Waals surface area contributed by atoms with Gasteiger partial charge in [0, 0.05) is 5.56 Å². The van der Waals surface area contributed by atoms with Crippen molar-refractivity contribution >= 4 is 23.7 Å². The van der Waals surface area contributed by atoms with Crippen LogP contribution in [0.2, 0.25) is 5.15 Å². The molecule has 7 heteroatoms. The Kier molecular flexibility index (Phi) is 5.57. The first-order valence-corrected chi connectivity index (χ1v) is 8.67. The number of nitrogens with one attached hydrogen (secondary N) is 1. The van der Waals surface area contributed by atoms with Crippen molar-refractivity contribution in [1.82, 2.24) is 15.2 Å². The van der Waals surface area contributed by atoms with Crippen LogP contribution in [-0.4, -0.2) is 29.0 Å². The number of amides is 1. The summed E-state index contributed by atoms with van der Waals surface area (Å²) in [5.41, 5.74) is 6.30. The molecule has 0 saturated heterocycles. The van der Waals surface area contributed by atoms with Gasteiger partial charge in [-0.05, 0) is 44.2 Å². The monoisotopic (exact) mass is 382 g/mol. The number of ether oxygens (including phenoxy) is 1. The van der Waals surface area contributed by atoms with Gasteiger partial charge in [0.1, 0.15) is 10.9 Å². The van der Waals surface area contributed by atoms with Crippen LogP contribution in [0.1, 0.15) is 27.2 Å². The van der Waals surface area contributed by atoms with Gasteiger partial charge in [0.05, 0.1) is 30.3 Å². The lowest BCUT2D eigenvalue weighted by atomic mass is 10.2. The van der Waals surface area contributed by atoms with E-state index in [1.54, 1.807) is 36.1 Å². The molecule has 0 aliphatic carbocycles. The zero-order valence-corrected chi connectivity index (χ0v) is 16.0. The topological polar surface area (TPSA) is 68.5 Å². The molecule has 1 aromatic heterocycles. The summed E-state index contributed by atoms with van der Waals surface area (Å²) in [4.78, 5) is 12.2. The van der Waals surface area contributed by atoms with Gasteiger partial charge in [0.2, 0.25) is 0 Å². The van der Waals surface area contributed by atoms with Gasteiger partial charge in [-0.3, -0.25) is 4.79 Å². The van der Waals surface area contributed by atoms with E-state index in [1.165, 1.54) is 6.21 Å². The Bertz CT molecular complexity index is 994. The first-order valence-electron chi connectivity index (χ1n) is 8.29. The molecule has 6 nitrogen and oxygen atoms in total. The molecule has 2 aromatic carbocycles. The average Bonchev–Trinajstić information content (AvgIpc) is 2.96. The molecular formula is C20H19ClN4O2. The number of benzene rings is 2. The quantitative estimate of drug-likeness (QED) is 0.537. The summed E-state index contributed by atoms with van der Waals surface area (Å²) < 4.78 is 6.76. The average molecular weight is 383 g/mol. The molecule has 0 aliphatic heterocycles. The van der Waals surface area contributed by atoms with Gasteiger partial charge < -0.3 is 4.74 Å². The van der Waals surface area contributed by atoms with E-state index in [0.29, 0.717) is 27.7 Å². The van der Waals surface area contributed by atoms with Crippen molar-refractivity contribution in [3.8, 4) is 11.4 Å². The zero-order chi connectivity index (χ0) is 19.4. The molecule has 0 atom stereocenters. The molecule has 0 aliphatic rings. The Labute approximate surface area is 162 Å². The number of hydrazone groups is 1. The van der Waals surface area contributed by atoms with Crippen LogP contribution in [0.5, 0.6) is 5.75 Å². The normalized spacial score (nSPS) is 11.0. The number of aromatic nitrogens is 2. The molecule has 3 rings (SSSR count). The number of halogens is 1. The van der Waals surface area contributed by atoms with Crippen LogP contribution in [0.25, 0.3) is 5.69 Å². The van der Waals surface area contributed by atoms with Gasteiger partial charge >= 0.3 is 0 Å². The smallest absolute Gasteiger partial charge is 0.271 e. The largest absolute Gasteiger partial charge is 0.497 e. The summed E-state index contributed by atoms with van der Waals surface area (Å²) in [5, 5.41) is 8.89. The lowest BCUT2D eigenvalue weighted by molar-refractivity contribution is 0.0955. The minimum atomic E-state index is -0.343. The van der Waals surface area contributed by atoms with Gasteiger partial charge in [0.15, 0.2) is 0 Å². The van der Waals surface area contributed by atoms with E-state index >= 15 is 0 Å². The van der Waals surface area contributed by atoms with E-state index in [4.69, 9.17) is 16.3 Å². The third-order valence-electron chi connectivity index (χ3n) is 4.02. The lowest BCUT2D eigenvalue weighted by Crippen LogP contribution is -2.17. The predicted molar refractivity (Wildman–Crippen MR) is 106 cm³/mol. The Balaban J connectivity index is 1.77. The maximum Gasteiger partial charge on any atom is 0.271 e. The molecule has 3 aromatic rings. The molecule has 138 valence electrons. The molecular weight excluding hydrogens is 364 g/mol. The van der Waals surface area contributed by atoms with Gasteiger partial charge in [0.25, 0.3) is 5.91 Å². The lowest BCUT2D eigenvalue weighted by Gasteiger charge is -2.03. The van der Waals surface area contributed by atoms with Crippen LogP contribution >= 0.6 is 11.6 Å². The number of methoxy groups -OCH3 is 1. The molecule has 0 spiro atoms. The second kappa shape index (κ2) is 8.05. The van der Waals surface area contributed by atoms with Crippen LogP contribution in [0, 0.1) is 13.8 Å². The Morgan fingerprint density at radius 1 is 1.22 bits per heavy atom. The summed E-state index contributed by atoms with van der Waals surface area (Å²) in [6.45, 7) is 3.85. The summed E-state index contributed by atoms with van der Waals surface area (Å²) >= 11 is 6.46. The van der Waals surface area contributed by atoms with E-state index in [9.17, 15) is 4.79 Å². The maximum absolute atomic E-state index is 12.2. The van der Waals surface area contributed by atoms with Crippen molar-refractivity contribution in [2.24, 2.45) is 5.10 Å².